The zero-order valence-electron chi connectivity index (χ0n) is 23.7. The molecule has 0 atom stereocenters. The first-order valence-electron chi connectivity index (χ1n) is 14.3. The predicted octanol–water partition coefficient (Wildman–Crippen LogP) is 4.06. The lowest BCUT2D eigenvalue weighted by molar-refractivity contribution is -0.134. The normalized spacial score (nSPS) is 16.2. The summed E-state index contributed by atoms with van der Waals surface area (Å²) < 4.78 is 5.36. The molecule has 1 aromatic heterocycles. The number of ether oxygens (including phenoxy) is 1. The van der Waals surface area contributed by atoms with Crippen LogP contribution >= 0.6 is 0 Å². The fraction of sp³-hybridized carbons (Fsp3) is 0.333. The highest BCUT2D eigenvalue weighted by Gasteiger charge is 2.22. The summed E-state index contributed by atoms with van der Waals surface area (Å²) in [4.78, 5) is 41.6. The molecular weight excluding hydrogens is 514 g/mol. The summed E-state index contributed by atoms with van der Waals surface area (Å²) in [7, 11) is 2.09. The van der Waals surface area contributed by atoms with E-state index in [4.69, 9.17) is 14.7 Å². The Hall–Kier alpha value is -4.14. The minimum absolute atomic E-state index is 0.0872. The molecule has 0 spiro atoms. The molecule has 8 heteroatoms. The van der Waals surface area contributed by atoms with Crippen molar-refractivity contribution in [2.45, 2.75) is 13.3 Å². The quantitative estimate of drug-likeness (QED) is 0.374. The summed E-state index contributed by atoms with van der Waals surface area (Å²) in [6.45, 7) is 7.80. The molecule has 0 unspecified atom stereocenters. The third-order valence-corrected chi connectivity index (χ3v) is 8.10. The Balaban J connectivity index is 1.23. The zero-order chi connectivity index (χ0) is 28.3. The summed E-state index contributed by atoms with van der Waals surface area (Å²) in [6, 6.07) is 20.1. The third kappa shape index (κ3) is 5.85. The second-order valence-corrected chi connectivity index (χ2v) is 10.9. The molecule has 8 nitrogen and oxygen atoms in total. The molecule has 41 heavy (non-hydrogen) atoms. The van der Waals surface area contributed by atoms with Gasteiger partial charge in [-0.25, -0.2) is 4.98 Å². The first-order valence-corrected chi connectivity index (χ1v) is 14.3. The van der Waals surface area contributed by atoms with E-state index in [1.54, 1.807) is 6.20 Å². The minimum Gasteiger partial charge on any atom is -0.378 e. The summed E-state index contributed by atoms with van der Waals surface area (Å²) in [5.74, 6) is 0.220. The van der Waals surface area contributed by atoms with E-state index in [1.807, 2.05) is 71.3 Å². The van der Waals surface area contributed by atoms with Gasteiger partial charge in [-0.2, -0.15) is 0 Å². The van der Waals surface area contributed by atoms with Gasteiger partial charge < -0.3 is 19.4 Å². The van der Waals surface area contributed by atoms with Crippen LogP contribution in [0.25, 0.3) is 33.4 Å². The third-order valence-electron chi connectivity index (χ3n) is 8.10. The lowest BCUT2D eigenvalue weighted by atomic mass is 10.00. The van der Waals surface area contributed by atoms with Crippen molar-refractivity contribution in [3.05, 3.63) is 83.6 Å². The van der Waals surface area contributed by atoms with E-state index in [0.717, 1.165) is 76.3 Å². The molecule has 0 radical (unpaired) electrons. The molecule has 0 bridgehead atoms. The maximum atomic E-state index is 13.2. The van der Waals surface area contributed by atoms with E-state index < -0.39 is 0 Å². The molecule has 2 fully saturated rings. The second kappa shape index (κ2) is 11.8. The number of morpholine rings is 1. The second-order valence-electron chi connectivity index (χ2n) is 10.9. The number of carbonyl (C=O) groups excluding carboxylic acids is 2. The molecule has 3 heterocycles. The Morgan fingerprint density at radius 3 is 2.32 bits per heavy atom. The van der Waals surface area contributed by atoms with Crippen molar-refractivity contribution >= 4 is 22.8 Å². The van der Waals surface area contributed by atoms with E-state index in [0.29, 0.717) is 32.7 Å². The fourth-order valence-electron chi connectivity index (χ4n) is 5.55. The van der Waals surface area contributed by atoms with Crippen molar-refractivity contribution in [1.29, 1.82) is 0 Å². The Labute approximate surface area is 240 Å². The van der Waals surface area contributed by atoms with Crippen LogP contribution in [-0.2, 0) is 16.0 Å². The number of para-hydroxylation sites is 1. The number of fused-ring (bicyclic) bond motifs is 1. The fourth-order valence-corrected chi connectivity index (χ4v) is 5.55. The number of nitrogens with zero attached hydrogens (tertiary/aromatic N) is 5. The van der Waals surface area contributed by atoms with Crippen molar-refractivity contribution in [2.24, 2.45) is 0 Å². The number of piperazine rings is 1. The molecule has 2 saturated heterocycles. The molecule has 2 amide bonds. The van der Waals surface area contributed by atoms with Crippen LogP contribution < -0.4 is 0 Å². The Kier molecular flexibility index (Phi) is 7.76. The lowest BCUT2D eigenvalue weighted by Gasteiger charge is -2.32. The number of benzene rings is 3. The van der Waals surface area contributed by atoms with Crippen LogP contribution in [-0.4, -0.2) is 96.0 Å². The number of rotatable bonds is 5. The first kappa shape index (κ1) is 27.1. The lowest BCUT2D eigenvalue weighted by Crippen LogP contribution is -2.47. The van der Waals surface area contributed by atoms with Crippen LogP contribution in [0.1, 0.15) is 21.5 Å². The molecule has 210 valence electrons. The maximum Gasteiger partial charge on any atom is 0.254 e. The number of aromatic nitrogens is 2. The van der Waals surface area contributed by atoms with Crippen LogP contribution in [0.3, 0.4) is 0 Å². The monoisotopic (exact) mass is 549 g/mol. The van der Waals surface area contributed by atoms with Gasteiger partial charge in [-0.1, -0.05) is 42.5 Å². The smallest absolute Gasteiger partial charge is 0.254 e. The van der Waals surface area contributed by atoms with E-state index in [-0.39, 0.29) is 11.8 Å². The number of aryl methyl sites for hydroxylation is 1. The number of amides is 2. The van der Waals surface area contributed by atoms with Crippen LogP contribution in [0.5, 0.6) is 0 Å². The topological polar surface area (TPSA) is 78.9 Å². The van der Waals surface area contributed by atoms with Crippen LogP contribution in [0.2, 0.25) is 0 Å². The first-order chi connectivity index (χ1) is 20.0. The SMILES string of the molecule is Cc1cc(-c2cnc3cccc(-c4ccc(CC(=O)N5CCOCC5)cc4)c3n2)ccc1C(=O)N1CCN(C)CC1. The summed E-state index contributed by atoms with van der Waals surface area (Å²) in [5.41, 5.74) is 7.99. The van der Waals surface area contributed by atoms with Gasteiger partial charge in [0.15, 0.2) is 0 Å². The number of hydrogen-bond donors (Lipinski definition) is 0. The largest absolute Gasteiger partial charge is 0.378 e. The highest BCUT2D eigenvalue weighted by Crippen LogP contribution is 2.30. The molecule has 0 saturated carbocycles. The van der Waals surface area contributed by atoms with E-state index in [1.165, 1.54) is 0 Å². The van der Waals surface area contributed by atoms with Crippen LogP contribution in [0, 0.1) is 6.92 Å². The molecule has 6 rings (SSSR count). The highest BCUT2D eigenvalue weighted by molar-refractivity contribution is 5.97. The molecule has 3 aromatic carbocycles. The average Bonchev–Trinajstić information content (AvgIpc) is 3.01. The van der Waals surface area contributed by atoms with Gasteiger partial charge in [0.25, 0.3) is 5.91 Å². The molecule has 0 aliphatic carbocycles. The van der Waals surface area contributed by atoms with Gasteiger partial charge in [-0.05, 0) is 48.9 Å². The van der Waals surface area contributed by atoms with Gasteiger partial charge in [0.05, 0.1) is 42.6 Å². The van der Waals surface area contributed by atoms with Crippen molar-refractivity contribution in [3.8, 4) is 22.4 Å². The molecular formula is C33H35N5O3. The minimum atomic E-state index is 0.0872. The predicted molar refractivity (Wildman–Crippen MR) is 160 cm³/mol. The van der Waals surface area contributed by atoms with Gasteiger partial charge in [-0.3, -0.25) is 14.6 Å². The van der Waals surface area contributed by atoms with Crippen molar-refractivity contribution in [1.82, 2.24) is 24.7 Å². The van der Waals surface area contributed by atoms with Gasteiger partial charge in [0.1, 0.15) is 0 Å². The van der Waals surface area contributed by atoms with Gasteiger partial charge in [-0.15, -0.1) is 0 Å². The highest BCUT2D eigenvalue weighted by atomic mass is 16.5. The van der Waals surface area contributed by atoms with Crippen molar-refractivity contribution < 1.29 is 14.3 Å². The van der Waals surface area contributed by atoms with E-state index >= 15 is 0 Å². The van der Waals surface area contributed by atoms with Crippen molar-refractivity contribution in [2.75, 3.05) is 59.5 Å². The maximum absolute atomic E-state index is 13.2. The number of carbonyl (C=O) groups is 2. The van der Waals surface area contributed by atoms with E-state index in [9.17, 15) is 9.59 Å². The summed E-state index contributed by atoms with van der Waals surface area (Å²) in [6.07, 6.45) is 2.18. The van der Waals surface area contributed by atoms with Crippen molar-refractivity contribution in [3.63, 3.8) is 0 Å². The van der Waals surface area contributed by atoms with Gasteiger partial charge in [0.2, 0.25) is 5.91 Å². The van der Waals surface area contributed by atoms with Gasteiger partial charge >= 0.3 is 0 Å². The number of likely N-dealkylation sites (N-methyl/N-ethyl adjacent to an activating group) is 1. The Bertz CT molecular complexity index is 1570. The number of hydrogen-bond acceptors (Lipinski definition) is 6. The average molecular weight is 550 g/mol. The summed E-state index contributed by atoms with van der Waals surface area (Å²) >= 11 is 0. The standard InChI is InChI=1S/C33H35N5O3/c1-23-20-26(10-11-27(23)33(40)38-14-12-36(2)13-15-38)30-22-34-29-5-3-4-28(32(29)35-30)25-8-6-24(7-9-25)21-31(39)37-16-18-41-19-17-37/h3-11,20,22H,12-19,21H2,1-2H3. The van der Waals surface area contributed by atoms with Gasteiger partial charge in [0, 0.05) is 56.0 Å². The van der Waals surface area contributed by atoms with Crippen LogP contribution in [0.4, 0.5) is 0 Å². The Morgan fingerprint density at radius 2 is 1.59 bits per heavy atom. The van der Waals surface area contributed by atoms with E-state index in [2.05, 4.69) is 18.0 Å². The molecule has 0 N–H and O–H groups in total. The Morgan fingerprint density at radius 1 is 0.854 bits per heavy atom. The molecule has 2 aliphatic rings. The van der Waals surface area contributed by atoms with Crippen LogP contribution in [0.15, 0.2) is 66.9 Å². The summed E-state index contributed by atoms with van der Waals surface area (Å²) in [5, 5.41) is 0. The zero-order valence-corrected chi connectivity index (χ0v) is 23.7. The molecule has 4 aromatic rings. The molecule has 2 aliphatic heterocycles.